The number of rotatable bonds is 7. The van der Waals surface area contributed by atoms with Crippen LogP contribution in [0, 0.1) is 17.3 Å². The van der Waals surface area contributed by atoms with Crippen LogP contribution in [0.25, 0.3) is 0 Å². The SMILES string of the molecule is CC.CCC.CCC(C)c1ccc(OC(OC)C2(CC)CC(C)CC(C)C2)cc1. The molecule has 0 radical (unpaired) electrons. The molecular weight excluding hydrogens is 356 g/mol. The molecule has 2 rings (SSSR count). The molecule has 2 heteroatoms. The molecule has 2 nitrogen and oxygen atoms in total. The van der Waals surface area contributed by atoms with E-state index < -0.39 is 0 Å². The summed E-state index contributed by atoms with van der Waals surface area (Å²) in [5, 5.41) is 0. The maximum Gasteiger partial charge on any atom is 0.205 e. The standard InChI is InChI=1S/C22H36O2.C3H8.C2H6/c1-7-18(5)19-9-11-20(12-10-19)24-21(23-6)22(8-2)14-16(3)13-17(4)15-22;1-3-2;1-2/h9-12,16-18,21H,7-8,13-15H2,1-6H3;3H2,1-2H3;1-2H3. The molecule has 1 aromatic carbocycles. The maximum atomic E-state index is 6.34. The summed E-state index contributed by atoms with van der Waals surface area (Å²) >= 11 is 0. The molecule has 1 fully saturated rings. The van der Waals surface area contributed by atoms with Crippen molar-refractivity contribution in [2.24, 2.45) is 17.3 Å². The molecule has 0 bridgehead atoms. The third-order valence-corrected chi connectivity index (χ3v) is 6.04. The van der Waals surface area contributed by atoms with Crippen molar-refractivity contribution < 1.29 is 9.47 Å². The zero-order valence-electron chi connectivity index (χ0n) is 21.2. The molecule has 1 aromatic rings. The molecule has 0 amide bonds. The van der Waals surface area contributed by atoms with Gasteiger partial charge in [0, 0.05) is 12.5 Å². The molecular formula is C27H50O2. The van der Waals surface area contributed by atoms with Gasteiger partial charge in [-0.25, -0.2) is 0 Å². The monoisotopic (exact) mass is 406 g/mol. The Morgan fingerprint density at radius 3 is 1.83 bits per heavy atom. The summed E-state index contributed by atoms with van der Waals surface area (Å²) in [6.07, 6.45) is 7.05. The van der Waals surface area contributed by atoms with E-state index >= 15 is 0 Å². The fourth-order valence-electron chi connectivity index (χ4n) is 4.63. The fraction of sp³-hybridized carbons (Fsp3) is 0.778. The van der Waals surface area contributed by atoms with Gasteiger partial charge in [0.05, 0.1) is 0 Å². The third kappa shape index (κ3) is 8.70. The molecule has 1 saturated carbocycles. The van der Waals surface area contributed by atoms with Crippen molar-refractivity contribution in [1.29, 1.82) is 0 Å². The Labute approximate surface area is 182 Å². The minimum absolute atomic E-state index is 0.126. The van der Waals surface area contributed by atoms with Gasteiger partial charge in [-0.2, -0.15) is 0 Å². The summed E-state index contributed by atoms with van der Waals surface area (Å²) in [4.78, 5) is 0. The number of hydrogen-bond acceptors (Lipinski definition) is 2. The molecule has 0 saturated heterocycles. The van der Waals surface area contributed by atoms with Crippen molar-refractivity contribution in [2.75, 3.05) is 7.11 Å². The molecule has 0 aromatic heterocycles. The maximum absolute atomic E-state index is 6.34. The Morgan fingerprint density at radius 2 is 1.45 bits per heavy atom. The van der Waals surface area contributed by atoms with Crippen molar-refractivity contribution in [3.63, 3.8) is 0 Å². The molecule has 1 aliphatic carbocycles. The summed E-state index contributed by atoms with van der Waals surface area (Å²) in [7, 11) is 1.79. The first-order chi connectivity index (χ1) is 13.8. The fourth-order valence-corrected chi connectivity index (χ4v) is 4.63. The van der Waals surface area contributed by atoms with Crippen LogP contribution in [-0.4, -0.2) is 13.4 Å². The molecule has 4 atom stereocenters. The molecule has 170 valence electrons. The van der Waals surface area contributed by atoms with Crippen LogP contribution in [0.4, 0.5) is 0 Å². The highest BCUT2D eigenvalue weighted by molar-refractivity contribution is 5.29. The van der Waals surface area contributed by atoms with Crippen molar-refractivity contribution in [3.8, 4) is 5.75 Å². The van der Waals surface area contributed by atoms with Crippen molar-refractivity contribution in [2.45, 2.75) is 113 Å². The minimum atomic E-state index is -0.165. The smallest absolute Gasteiger partial charge is 0.205 e. The predicted molar refractivity (Wildman–Crippen MR) is 129 cm³/mol. The van der Waals surface area contributed by atoms with Gasteiger partial charge in [0.1, 0.15) is 5.75 Å². The third-order valence-electron chi connectivity index (χ3n) is 6.04. The first-order valence-corrected chi connectivity index (χ1v) is 12.1. The second kappa shape index (κ2) is 14.9. The average Bonchev–Trinajstić information content (AvgIpc) is 2.73. The quantitative estimate of drug-likeness (QED) is 0.421. The van der Waals surface area contributed by atoms with E-state index in [1.807, 2.05) is 13.8 Å². The molecule has 29 heavy (non-hydrogen) atoms. The van der Waals surface area contributed by atoms with Crippen LogP contribution in [-0.2, 0) is 4.74 Å². The van der Waals surface area contributed by atoms with Crippen LogP contribution in [0.2, 0.25) is 0 Å². The average molecular weight is 407 g/mol. The van der Waals surface area contributed by atoms with Gasteiger partial charge in [0.15, 0.2) is 0 Å². The van der Waals surface area contributed by atoms with Crippen LogP contribution >= 0.6 is 0 Å². The van der Waals surface area contributed by atoms with E-state index in [9.17, 15) is 0 Å². The highest BCUT2D eigenvalue weighted by Gasteiger charge is 2.44. The molecule has 0 aliphatic heterocycles. The van der Waals surface area contributed by atoms with E-state index in [4.69, 9.17) is 9.47 Å². The van der Waals surface area contributed by atoms with Gasteiger partial charge < -0.3 is 9.47 Å². The molecule has 4 unspecified atom stereocenters. The Morgan fingerprint density at radius 1 is 0.966 bits per heavy atom. The number of hydrogen-bond donors (Lipinski definition) is 0. The summed E-state index contributed by atoms with van der Waals surface area (Å²) < 4.78 is 12.2. The van der Waals surface area contributed by atoms with E-state index in [0.29, 0.717) is 5.92 Å². The van der Waals surface area contributed by atoms with Gasteiger partial charge in [-0.1, -0.05) is 80.9 Å². The van der Waals surface area contributed by atoms with Crippen molar-refractivity contribution in [1.82, 2.24) is 0 Å². The van der Waals surface area contributed by atoms with Crippen LogP contribution in [0.3, 0.4) is 0 Å². The number of benzene rings is 1. The lowest BCUT2D eigenvalue weighted by Crippen LogP contribution is -2.45. The Bertz CT molecular complexity index is 498. The Kier molecular flexibility index (Phi) is 14.4. The highest BCUT2D eigenvalue weighted by Crippen LogP contribution is 2.48. The van der Waals surface area contributed by atoms with Gasteiger partial charge >= 0.3 is 0 Å². The lowest BCUT2D eigenvalue weighted by atomic mass is 9.64. The second-order valence-electron chi connectivity index (χ2n) is 8.84. The lowest BCUT2D eigenvalue weighted by molar-refractivity contribution is -0.165. The highest BCUT2D eigenvalue weighted by atomic mass is 16.7. The molecule has 0 heterocycles. The molecule has 0 N–H and O–H groups in total. The summed E-state index contributed by atoms with van der Waals surface area (Å²) in [5.74, 6) is 3.00. The van der Waals surface area contributed by atoms with Crippen LogP contribution in [0.15, 0.2) is 24.3 Å². The van der Waals surface area contributed by atoms with Gasteiger partial charge in [0.25, 0.3) is 0 Å². The molecule has 1 aliphatic rings. The Hall–Kier alpha value is -1.02. The van der Waals surface area contributed by atoms with Gasteiger partial charge in [-0.3, -0.25) is 0 Å². The van der Waals surface area contributed by atoms with Gasteiger partial charge in [-0.15, -0.1) is 0 Å². The van der Waals surface area contributed by atoms with E-state index in [-0.39, 0.29) is 11.7 Å². The zero-order valence-corrected chi connectivity index (χ0v) is 21.2. The minimum Gasteiger partial charge on any atom is -0.464 e. The first kappa shape index (κ1) is 28.0. The summed E-state index contributed by atoms with van der Waals surface area (Å²) in [6, 6.07) is 8.60. The summed E-state index contributed by atoms with van der Waals surface area (Å²) in [6.45, 7) is 19.8. The van der Waals surface area contributed by atoms with Gasteiger partial charge in [-0.05, 0) is 67.6 Å². The topological polar surface area (TPSA) is 18.5 Å². The number of ether oxygens (including phenoxy) is 2. The number of methoxy groups -OCH3 is 1. The Balaban J connectivity index is 0.00000143. The summed E-state index contributed by atoms with van der Waals surface area (Å²) in [5.41, 5.74) is 1.50. The first-order valence-electron chi connectivity index (χ1n) is 12.1. The zero-order chi connectivity index (χ0) is 22.4. The van der Waals surface area contributed by atoms with Crippen LogP contribution < -0.4 is 4.74 Å². The normalized spacial score (nSPS) is 25.6. The van der Waals surface area contributed by atoms with Crippen molar-refractivity contribution >= 4 is 0 Å². The van der Waals surface area contributed by atoms with Gasteiger partial charge in [0.2, 0.25) is 6.29 Å². The van der Waals surface area contributed by atoms with E-state index in [0.717, 1.165) is 30.4 Å². The predicted octanol–water partition coefficient (Wildman–Crippen LogP) is 8.85. The van der Waals surface area contributed by atoms with Crippen LogP contribution in [0.5, 0.6) is 5.75 Å². The van der Waals surface area contributed by atoms with E-state index in [1.54, 1.807) is 7.11 Å². The van der Waals surface area contributed by atoms with E-state index in [2.05, 4.69) is 72.7 Å². The van der Waals surface area contributed by atoms with E-state index in [1.165, 1.54) is 31.2 Å². The van der Waals surface area contributed by atoms with Crippen LogP contribution in [0.1, 0.15) is 112 Å². The second-order valence-corrected chi connectivity index (χ2v) is 8.84. The largest absolute Gasteiger partial charge is 0.464 e. The lowest BCUT2D eigenvalue weighted by Gasteiger charge is -2.46. The molecule has 0 spiro atoms. The van der Waals surface area contributed by atoms with Crippen molar-refractivity contribution in [3.05, 3.63) is 29.8 Å².